The normalized spacial score (nSPS) is 34.8. The molecule has 3 heteroatoms. The highest BCUT2D eigenvalue weighted by Crippen LogP contribution is 2.28. The topological polar surface area (TPSA) is 38.5 Å². The molecule has 0 unspecified atom stereocenters. The summed E-state index contributed by atoms with van der Waals surface area (Å²) < 4.78 is 5.49. The summed E-state index contributed by atoms with van der Waals surface area (Å²) in [5.74, 6) is 1.67. The number of rotatable bonds is 3. The molecule has 0 spiro atoms. The minimum absolute atomic E-state index is 0.812. The van der Waals surface area contributed by atoms with Gasteiger partial charge in [-0.2, -0.15) is 0 Å². The lowest BCUT2D eigenvalue weighted by molar-refractivity contribution is 0.146. The van der Waals surface area contributed by atoms with Gasteiger partial charge in [-0.3, -0.25) is 0 Å². The lowest BCUT2D eigenvalue weighted by Gasteiger charge is -2.33. The molecule has 2 aliphatic heterocycles. The van der Waals surface area contributed by atoms with Crippen LogP contribution in [-0.4, -0.2) is 44.3 Å². The van der Waals surface area contributed by atoms with E-state index in [1.54, 1.807) is 0 Å². The van der Waals surface area contributed by atoms with E-state index in [0.29, 0.717) is 0 Å². The van der Waals surface area contributed by atoms with E-state index >= 15 is 0 Å². The molecule has 13 heavy (non-hydrogen) atoms. The van der Waals surface area contributed by atoms with E-state index in [-0.39, 0.29) is 0 Å². The van der Waals surface area contributed by atoms with Crippen LogP contribution in [0, 0.1) is 11.8 Å². The van der Waals surface area contributed by atoms with Crippen LogP contribution in [0.2, 0.25) is 0 Å². The molecule has 2 atom stereocenters. The molecule has 2 heterocycles. The zero-order chi connectivity index (χ0) is 9.10. The first-order valence-electron chi connectivity index (χ1n) is 5.40. The number of hydrogen-bond acceptors (Lipinski definition) is 3. The Morgan fingerprint density at radius 3 is 3.00 bits per heavy atom. The van der Waals surface area contributed by atoms with Gasteiger partial charge in [0.25, 0.3) is 0 Å². The maximum Gasteiger partial charge on any atom is 0.0510 e. The van der Waals surface area contributed by atoms with Gasteiger partial charge >= 0.3 is 0 Å². The van der Waals surface area contributed by atoms with E-state index in [9.17, 15) is 0 Å². The van der Waals surface area contributed by atoms with E-state index in [2.05, 4.69) is 4.90 Å². The van der Waals surface area contributed by atoms with Gasteiger partial charge in [0.05, 0.1) is 6.61 Å². The predicted molar refractivity (Wildman–Crippen MR) is 52.5 cm³/mol. The Hall–Kier alpha value is -0.120. The van der Waals surface area contributed by atoms with Gasteiger partial charge in [-0.15, -0.1) is 0 Å². The lowest BCUT2D eigenvalue weighted by Crippen LogP contribution is -2.40. The van der Waals surface area contributed by atoms with Crippen LogP contribution < -0.4 is 5.73 Å². The number of fused-ring (bicyclic) bond motifs is 1. The molecule has 0 amide bonds. The number of hydrogen-bond donors (Lipinski definition) is 1. The first-order chi connectivity index (χ1) is 6.40. The number of ether oxygens (including phenoxy) is 1. The predicted octanol–water partition coefficient (Wildman–Crippen LogP) is 0.304. The largest absolute Gasteiger partial charge is 0.381 e. The summed E-state index contributed by atoms with van der Waals surface area (Å²) in [6.07, 6.45) is 2.47. The lowest BCUT2D eigenvalue weighted by atomic mass is 9.89. The van der Waals surface area contributed by atoms with Gasteiger partial charge in [0.15, 0.2) is 0 Å². The highest BCUT2D eigenvalue weighted by molar-refractivity contribution is 4.83. The molecule has 3 nitrogen and oxygen atoms in total. The second-order valence-corrected chi connectivity index (χ2v) is 4.29. The summed E-state index contributed by atoms with van der Waals surface area (Å²) in [5.41, 5.74) is 5.50. The minimum Gasteiger partial charge on any atom is -0.381 e. The molecule has 76 valence electrons. The van der Waals surface area contributed by atoms with Crippen molar-refractivity contribution in [3.8, 4) is 0 Å². The third kappa shape index (κ3) is 2.22. The van der Waals surface area contributed by atoms with Crippen LogP contribution in [0.15, 0.2) is 0 Å². The number of piperidine rings is 1. The van der Waals surface area contributed by atoms with Crippen LogP contribution in [0.3, 0.4) is 0 Å². The highest BCUT2D eigenvalue weighted by atomic mass is 16.5. The molecule has 0 saturated carbocycles. The van der Waals surface area contributed by atoms with Crippen molar-refractivity contribution in [3.63, 3.8) is 0 Å². The molecule has 0 bridgehead atoms. The quantitative estimate of drug-likeness (QED) is 0.686. The molecule has 2 saturated heterocycles. The Morgan fingerprint density at radius 2 is 2.15 bits per heavy atom. The fraction of sp³-hybridized carbons (Fsp3) is 1.00. The second kappa shape index (κ2) is 4.40. The van der Waals surface area contributed by atoms with E-state index < -0.39 is 0 Å². The zero-order valence-electron chi connectivity index (χ0n) is 8.24. The van der Waals surface area contributed by atoms with E-state index in [1.165, 1.54) is 26.1 Å². The summed E-state index contributed by atoms with van der Waals surface area (Å²) in [5, 5.41) is 0. The van der Waals surface area contributed by atoms with E-state index in [1.807, 2.05) is 0 Å². The van der Waals surface area contributed by atoms with Gasteiger partial charge in [-0.05, 0) is 38.4 Å². The van der Waals surface area contributed by atoms with Crippen molar-refractivity contribution in [2.24, 2.45) is 17.6 Å². The molecule has 0 aliphatic carbocycles. The number of likely N-dealkylation sites (tertiary alicyclic amines) is 1. The Kier molecular flexibility index (Phi) is 3.19. The molecule has 2 N–H and O–H groups in total. The maximum atomic E-state index is 5.50. The number of nitrogens with two attached hydrogens (primary N) is 1. The molecule has 2 aliphatic rings. The van der Waals surface area contributed by atoms with Gasteiger partial charge in [-0.1, -0.05) is 0 Å². The third-order valence-electron chi connectivity index (χ3n) is 3.32. The van der Waals surface area contributed by atoms with Gasteiger partial charge in [0, 0.05) is 19.1 Å². The standard InChI is InChI=1S/C10H20N2O/c11-3-1-4-12-5-2-9-7-13-8-10(9)6-12/h9-10H,1-8,11H2/t9-,10-/m1/s1. The van der Waals surface area contributed by atoms with Crippen LogP contribution >= 0.6 is 0 Å². The maximum absolute atomic E-state index is 5.50. The Balaban J connectivity index is 1.76. The molecule has 0 aromatic rings. The Labute approximate surface area is 80.2 Å². The van der Waals surface area contributed by atoms with Crippen molar-refractivity contribution in [2.45, 2.75) is 12.8 Å². The Morgan fingerprint density at radius 1 is 1.31 bits per heavy atom. The summed E-state index contributed by atoms with van der Waals surface area (Å²) in [6, 6.07) is 0. The summed E-state index contributed by atoms with van der Waals surface area (Å²) in [7, 11) is 0. The van der Waals surface area contributed by atoms with Crippen molar-refractivity contribution in [1.29, 1.82) is 0 Å². The van der Waals surface area contributed by atoms with Crippen molar-refractivity contribution >= 4 is 0 Å². The van der Waals surface area contributed by atoms with Crippen molar-refractivity contribution in [1.82, 2.24) is 4.90 Å². The molecule has 0 aromatic heterocycles. The van der Waals surface area contributed by atoms with Gasteiger partial charge < -0.3 is 15.4 Å². The summed E-state index contributed by atoms with van der Waals surface area (Å²) >= 11 is 0. The van der Waals surface area contributed by atoms with Crippen LogP contribution in [-0.2, 0) is 4.74 Å². The molecule has 2 rings (SSSR count). The molecule has 0 aromatic carbocycles. The van der Waals surface area contributed by atoms with Crippen LogP contribution in [0.4, 0.5) is 0 Å². The minimum atomic E-state index is 0.812. The Bertz CT molecular complexity index is 163. The smallest absolute Gasteiger partial charge is 0.0510 e. The molecular weight excluding hydrogens is 164 g/mol. The van der Waals surface area contributed by atoms with Crippen molar-refractivity contribution < 1.29 is 4.74 Å². The first-order valence-corrected chi connectivity index (χ1v) is 5.40. The molecule has 2 fully saturated rings. The van der Waals surface area contributed by atoms with E-state index in [0.717, 1.165) is 38.0 Å². The van der Waals surface area contributed by atoms with Gasteiger partial charge in [0.2, 0.25) is 0 Å². The SMILES string of the molecule is NCCCN1CC[C@@H]2COC[C@H]2C1. The summed E-state index contributed by atoms with van der Waals surface area (Å²) in [6.45, 7) is 6.50. The fourth-order valence-corrected chi connectivity index (χ4v) is 2.45. The molecule has 0 radical (unpaired) electrons. The second-order valence-electron chi connectivity index (χ2n) is 4.29. The fourth-order valence-electron chi connectivity index (χ4n) is 2.45. The highest BCUT2D eigenvalue weighted by Gasteiger charge is 2.33. The molecular formula is C10H20N2O. The van der Waals surface area contributed by atoms with Crippen LogP contribution in [0.1, 0.15) is 12.8 Å². The number of nitrogens with zero attached hydrogens (tertiary/aromatic N) is 1. The summed E-state index contributed by atoms with van der Waals surface area (Å²) in [4.78, 5) is 2.54. The van der Waals surface area contributed by atoms with Gasteiger partial charge in [-0.25, -0.2) is 0 Å². The van der Waals surface area contributed by atoms with Gasteiger partial charge in [0.1, 0.15) is 0 Å². The third-order valence-corrected chi connectivity index (χ3v) is 3.32. The monoisotopic (exact) mass is 184 g/mol. The zero-order valence-corrected chi connectivity index (χ0v) is 8.24. The average molecular weight is 184 g/mol. The van der Waals surface area contributed by atoms with Crippen molar-refractivity contribution in [3.05, 3.63) is 0 Å². The van der Waals surface area contributed by atoms with Crippen LogP contribution in [0.25, 0.3) is 0 Å². The first kappa shape index (κ1) is 9.44. The van der Waals surface area contributed by atoms with E-state index in [4.69, 9.17) is 10.5 Å². The van der Waals surface area contributed by atoms with Crippen molar-refractivity contribution in [2.75, 3.05) is 39.4 Å². The average Bonchev–Trinajstić information content (AvgIpc) is 2.61. The van der Waals surface area contributed by atoms with Crippen LogP contribution in [0.5, 0.6) is 0 Å².